The van der Waals surface area contributed by atoms with E-state index in [-0.39, 0.29) is 18.0 Å². The molecule has 0 spiro atoms. The number of ether oxygens (including phenoxy) is 3. The van der Waals surface area contributed by atoms with Gasteiger partial charge in [0.2, 0.25) is 0 Å². The molecule has 0 radical (unpaired) electrons. The largest absolute Gasteiger partial charge is 0.469 e. The Kier molecular flexibility index (Phi) is 4.80. The van der Waals surface area contributed by atoms with Gasteiger partial charge in [0.05, 0.1) is 25.7 Å². The molecule has 17 heavy (non-hydrogen) atoms. The average molecular weight is 242 g/mol. The molecule has 0 amide bonds. The van der Waals surface area contributed by atoms with Gasteiger partial charge >= 0.3 is 5.97 Å². The van der Waals surface area contributed by atoms with Crippen LogP contribution in [0, 0.1) is 11.8 Å². The van der Waals surface area contributed by atoms with Gasteiger partial charge in [-0.05, 0) is 44.4 Å². The van der Waals surface area contributed by atoms with Crippen molar-refractivity contribution >= 4 is 5.97 Å². The molecule has 2 fully saturated rings. The van der Waals surface area contributed by atoms with E-state index in [4.69, 9.17) is 14.2 Å². The molecule has 0 N–H and O–H groups in total. The molecule has 2 aliphatic rings. The maximum atomic E-state index is 11.3. The molecule has 0 aromatic heterocycles. The fourth-order valence-electron chi connectivity index (χ4n) is 2.28. The minimum absolute atomic E-state index is 0.0755. The third-order valence-electron chi connectivity index (χ3n) is 3.65. The van der Waals surface area contributed by atoms with E-state index in [0.717, 1.165) is 38.2 Å². The van der Waals surface area contributed by atoms with Gasteiger partial charge in [-0.1, -0.05) is 0 Å². The van der Waals surface area contributed by atoms with E-state index in [1.807, 2.05) is 0 Å². The molecule has 0 heterocycles. The van der Waals surface area contributed by atoms with E-state index in [0.29, 0.717) is 6.79 Å². The van der Waals surface area contributed by atoms with Crippen LogP contribution in [-0.2, 0) is 19.0 Å². The van der Waals surface area contributed by atoms with Gasteiger partial charge in [0.25, 0.3) is 0 Å². The van der Waals surface area contributed by atoms with Crippen LogP contribution in [0.1, 0.15) is 38.5 Å². The van der Waals surface area contributed by atoms with Crippen LogP contribution in [-0.4, -0.2) is 32.6 Å². The van der Waals surface area contributed by atoms with Crippen molar-refractivity contribution in [1.82, 2.24) is 0 Å². The first kappa shape index (κ1) is 12.8. The maximum Gasteiger partial charge on any atom is 0.308 e. The van der Waals surface area contributed by atoms with Gasteiger partial charge in [0.1, 0.15) is 6.79 Å². The highest BCUT2D eigenvalue weighted by molar-refractivity contribution is 5.72. The number of rotatable bonds is 6. The van der Waals surface area contributed by atoms with E-state index >= 15 is 0 Å². The zero-order valence-corrected chi connectivity index (χ0v) is 10.5. The van der Waals surface area contributed by atoms with Crippen molar-refractivity contribution in [3.63, 3.8) is 0 Å². The van der Waals surface area contributed by atoms with Crippen LogP contribution in [0.2, 0.25) is 0 Å². The van der Waals surface area contributed by atoms with Gasteiger partial charge in [-0.2, -0.15) is 0 Å². The summed E-state index contributed by atoms with van der Waals surface area (Å²) in [5.41, 5.74) is 0. The number of methoxy groups -OCH3 is 1. The van der Waals surface area contributed by atoms with Gasteiger partial charge in [-0.25, -0.2) is 0 Å². The highest BCUT2D eigenvalue weighted by Gasteiger charge is 2.27. The summed E-state index contributed by atoms with van der Waals surface area (Å²) < 4.78 is 15.8. The Morgan fingerprint density at radius 1 is 1.12 bits per heavy atom. The number of hydrogen-bond donors (Lipinski definition) is 0. The fraction of sp³-hybridized carbons (Fsp3) is 0.923. The molecule has 0 atom stereocenters. The minimum Gasteiger partial charge on any atom is -0.469 e. The third kappa shape index (κ3) is 4.28. The van der Waals surface area contributed by atoms with Crippen LogP contribution in [0.15, 0.2) is 0 Å². The van der Waals surface area contributed by atoms with E-state index in [1.54, 1.807) is 0 Å². The first-order valence-electron chi connectivity index (χ1n) is 6.56. The van der Waals surface area contributed by atoms with Gasteiger partial charge in [-0.3, -0.25) is 4.79 Å². The van der Waals surface area contributed by atoms with Crippen molar-refractivity contribution < 1.29 is 19.0 Å². The summed E-state index contributed by atoms with van der Waals surface area (Å²) in [4.78, 5) is 11.3. The lowest BCUT2D eigenvalue weighted by molar-refractivity contribution is -0.149. The summed E-state index contributed by atoms with van der Waals surface area (Å²) in [5.74, 6) is 0.786. The Bertz CT molecular complexity index is 242. The first-order valence-corrected chi connectivity index (χ1v) is 6.56. The Balaban J connectivity index is 1.53. The summed E-state index contributed by atoms with van der Waals surface area (Å²) >= 11 is 0. The minimum atomic E-state index is -0.0755. The van der Waals surface area contributed by atoms with Crippen molar-refractivity contribution in [3.05, 3.63) is 0 Å². The highest BCUT2D eigenvalue weighted by Crippen LogP contribution is 2.29. The van der Waals surface area contributed by atoms with E-state index in [9.17, 15) is 4.79 Å². The summed E-state index contributed by atoms with van der Waals surface area (Å²) in [6.07, 6.45) is 6.50. The van der Waals surface area contributed by atoms with E-state index < -0.39 is 0 Å². The maximum absolute atomic E-state index is 11.3. The topological polar surface area (TPSA) is 44.8 Å². The Morgan fingerprint density at radius 3 is 2.41 bits per heavy atom. The summed E-state index contributed by atoms with van der Waals surface area (Å²) in [6, 6.07) is 0. The number of hydrogen-bond acceptors (Lipinski definition) is 4. The molecule has 98 valence electrons. The lowest BCUT2D eigenvalue weighted by atomic mass is 9.87. The van der Waals surface area contributed by atoms with Crippen molar-refractivity contribution in [2.45, 2.75) is 44.6 Å². The van der Waals surface area contributed by atoms with Gasteiger partial charge < -0.3 is 14.2 Å². The number of carbonyl (C=O) groups excluding carboxylic acids is 1. The predicted molar refractivity (Wildman–Crippen MR) is 62.4 cm³/mol. The fourth-order valence-corrected chi connectivity index (χ4v) is 2.28. The molecule has 0 aliphatic heterocycles. The Labute approximate surface area is 103 Å². The predicted octanol–water partition coefficient (Wildman–Crippen LogP) is 2.12. The smallest absolute Gasteiger partial charge is 0.308 e. The van der Waals surface area contributed by atoms with Crippen LogP contribution < -0.4 is 0 Å². The van der Waals surface area contributed by atoms with Crippen molar-refractivity contribution in [2.24, 2.45) is 11.8 Å². The van der Waals surface area contributed by atoms with Gasteiger partial charge in [0.15, 0.2) is 0 Å². The number of carbonyl (C=O) groups is 1. The van der Waals surface area contributed by atoms with E-state index in [1.165, 1.54) is 20.0 Å². The standard InChI is InChI=1S/C13H22O4/c1-15-13(14)11-4-6-12(7-5-11)17-9-16-8-10-2-3-10/h10-12H,2-9H2,1H3. The quantitative estimate of drug-likeness (QED) is 0.406. The molecule has 4 heteroatoms. The summed E-state index contributed by atoms with van der Waals surface area (Å²) in [7, 11) is 1.46. The van der Waals surface area contributed by atoms with Crippen LogP contribution in [0.5, 0.6) is 0 Å². The lowest BCUT2D eigenvalue weighted by Gasteiger charge is -2.26. The lowest BCUT2D eigenvalue weighted by Crippen LogP contribution is -2.27. The van der Waals surface area contributed by atoms with Crippen molar-refractivity contribution in [3.8, 4) is 0 Å². The second-order valence-electron chi connectivity index (χ2n) is 5.10. The molecular weight excluding hydrogens is 220 g/mol. The molecule has 2 aliphatic carbocycles. The normalized spacial score (nSPS) is 29.0. The first-order chi connectivity index (χ1) is 8.29. The average Bonchev–Trinajstić information content (AvgIpc) is 3.18. The number of esters is 1. The molecule has 0 saturated heterocycles. The third-order valence-corrected chi connectivity index (χ3v) is 3.65. The van der Waals surface area contributed by atoms with Crippen molar-refractivity contribution in [2.75, 3.05) is 20.5 Å². The monoisotopic (exact) mass is 242 g/mol. The SMILES string of the molecule is COC(=O)C1CCC(OCOCC2CC2)CC1. The van der Waals surface area contributed by atoms with Crippen LogP contribution in [0.3, 0.4) is 0 Å². The van der Waals surface area contributed by atoms with Gasteiger partial charge in [-0.15, -0.1) is 0 Å². The van der Waals surface area contributed by atoms with Crippen LogP contribution >= 0.6 is 0 Å². The summed E-state index contributed by atoms with van der Waals surface area (Å²) in [5, 5.41) is 0. The van der Waals surface area contributed by atoms with Crippen molar-refractivity contribution in [1.29, 1.82) is 0 Å². The molecule has 0 aromatic rings. The van der Waals surface area contributed by atoms with Crippen LogP contribution in [0.25, 0.3) is 0 Å². The molecule has 0 unspecified atom stereocenters. The van der Waals surface area contributed by atoms with Crippen LogP contribution in [0.4, 0.5) is 0 Å². The second kappa shape index (κ2) is 6.36. The molecule has 0 bridgehead atoms. The highest BCUT2D eigenvalue weighted by atomic mass is 16.7. The summed E-state index contributed by atoms with van der Waals surface area (Å²) in [6.45, 7) is 1.25. The van der Waals surface area contributed by atoms with E-state index in [2.05, 4.69) is 0 Å². The second-order valence-corrected chi connectivity index (χ2v) is 5.10. The Morgan fingerprint density at radius 2 is 1.82 bits per heavy atom. The Hall–Kier alpha value is -0.610. The molecule has 0 aromatic carbocycles. The molecule has 2 rings (SSSR count). The molecular formula is C13H22O4. The molecule has 2 saturated carbocycles. The zero-order valence-electron chi connectivity index (χ0n) is 10.5. The molecule has 4 nitrogen and oxygen atoms in total. The van der Waals surface area contributed by atoms with Gasteiger partial charge in [0, 0.05) is 0 Å². The zero-order chi connectivity index (χ0) is 12.1.